The molecule has 0 bridgehead atoms. The first-order valence-electron chi connectivity index (χ1n) is 10.1. The second-order valence-corrected chi connectivity index (χ2v) is 12.7. The summed E-state index contributed by atoms with van der Waals surface area (Å²) in [5.74, 6) is 0.223. The van der Waals surface area contributed by atoms with Gasteiger partial charge in [-0.15, -0.1) is 0 Å². The monoisotopic (exact) mass is 788 g/mol. The summed E-state index contributed by atoms with van der Waals surface area (Å²) in [7, 11) is 1.89. The van der Waals surface area contributed by atoms with Gasteiger partial charge in [-0.05, 0) is 128 Å². The minimum absolute atomic E-state index is 0.232. The number of rotatable bonds is 3. The number of fused-ring (bicyclic) bond motifs is 2. The van der Waals surface area contributed by atoms with Gasteiger partial charge < -0.3 is 9.64 Å². The molecule has 0 N–H and O–H groups in total. The number of nitrogens with zero attached hydrogens (tertiary/aromatic N) is 1. The average Bonchev–Trinajstić information content (AvgIpc) is 2.83. The molecular formula is C26H17I3NO2S+. The van der Waals surface area contributed by atoms with Gasteiger partial charge in [0.05, 0.1) is 16.9 Å². The molecular weight excluding hydrogens is 771 g/mol. The number of hydrogen-bond acceptors (Lipinski definition) is 3. The Labute approximate surface area is 236 Å². The van der Waals surface area contributed by atoms with Crippen molar-refractivity contribution in [2.75, 3.05) is 11.9 Å². The minimum atomic E-state index is -0.326. The first-order chi connectivity index (χ1) is 16.0. The maximum Gasteiger partial charge on any atom is 0.345 e. The van der Waals surface area contributed by atoms with Gasteiger partial charge in [0.15, 0.2) is 14.7 Å². The standard InChI is InChI=1S/C26H17I3NO2S/c1-30-20-6-2-4-8-22(20)33(23-9-5-3-7-21(23)30)17-12-10-16(11-13-17)32-26(31)24-18(27)14-15-19(28)25(24)29/h2-15H,1H3/q+1. The molecule has 0 saturated carbocycles. The number of hydrogen-bond donors (Lipinski definition) is 0. The van der Waals surface area contributed by atoms with Crippen LogP contribution in [-0.2, 0) is 10.9 Å². The zero-order chi connectivity index (χ0) is 23.1. The van der Waals surface area contributed by atoms with Gasteiger partial charge in [0.1, 0.15) is 16.6 Å². The number of benzene rings is 4. The molecule has 164 valence electrons. The van der Waals surface area contributed by atoms with Crippen LogP contribution < -0.4 is 9.64 Å². The number of halogens is 3. The molecule has 0 saturated heterocycles. The predicted molar refractivity (Wildman–Crippen MR) is 159 cm³/mol. The summed E-state index contributed by atoms with van der Waals surface area (Å²) in [5, 5.41) is 0. The van der Waals surface area contributed by atoms with Crippen molar-refractivity contribution in [3.8, 4) is 5.75 Å². The quantitative estimate of drug-likeness (QED) is 0.0696. The highest BCUT2D eigenvalue weighted by Gasteiger charge is 2.39. The fourth-order valence-electron chi connectivity index (χ4n) is 3.83. The smallest absolute Gasteiger partial charge is 0.345 e. The van der Waals surface area contributed by atoms with Crippen LogP contribution in [0.1, 0.15) is 10.4 Å². The number of esters is 1. The summed E-state index contributed by atoms with van der Waals surface area (Å²) in [6.07, 6.45) is 0. The van der Waals surface area contributed by atoms with Crippen molar-refractivity contribution < 1.29 is 9.53 Å². The number of anilines is 2. The molecule has 0 spiro atoms. The van der Waals surface area contributed by atoms with Gasteiger partial charge >= 0.3 is 5.97 Å². The molecule has 3 nitrogen and oxygen atoms in total. The first kappa shape index (κ1) is 23.4. The highest BCUT2D eigenvalue weighted by molar-refractivity contribution is 14.1. The molecule has 1 aliphatic heterocycles. The summed E-state index contributed by atoms with van der Waals surface area (Å²) in [5.41, 5.74) is 3.06. The van der Waals surface area contributed by atoms with E-state index in [1.165, 1.54) is 26.1 Å². The molecule has 0 amide bonds. The highest BCUT2D eigenvalue weighted by Crippen LogP contribution is 2.47. The van der Waals surface area contributed by atoms with E-state index in [1.54, 1.807) is 0 Å². The van der Waals surface area contributed by atoms with Crippen molar-refractivity contribution in [1.82, 2.24) is 0 Å². The second kappa shape index (κ2) is 9.74. The van der Waals surface area contributed by atoms with Crippen molar-refractivity contribution in [2.45, 2.75) is 14.7 Å². The van der Waals surface area contributed by atoms with Crippen LogP contribution in [0.3, 0.4) is 0 Å². The molecule has 0 radical (unpaired) electrons. The van der Waals surface area contributed by atoms with Crippen LogP contribution in [-0.4, -0.2) is 13.0 Å². The van der Waals surface area contributed by atoms with Gasteiger partial charge in [-0.3, -0.25) is 0 Å². The molecule has 7 heteroatoms. The lowest BCUT2D eigenvalue weighted by Crippen LogP contribution is -2.22. The van der Waals surface area contributed by atoms with Gasteiger partial charge in [-0.2, -0.15) is 0 Å². The Morgan fingerprint density at radius 2 is 1.30 bits per heavy atom. The Hall–Kier alpha value is -1.31. The van der Waals surface area contributed by atoms with E-state index >= 15 is 0 Å². The third-order valence-electron chi connectivity index (χ3n) is 5.41. The fraction of sp³-hybridized carbons (Fsp3) is 0.0385. The van der Waals surface area contributed by atoms with E-state index in [2.05, 4.69) is 140 Å². The predicted octanol–water partition coefficient (Wildman–Crippen LogP) is 7.90. The Bertz CT molecular complexity index is 1330. The number of carbonyl (C=O) groups excluding carboxylic acids is 1. The van der Waals surface area contributed by atoms with Crippen LogP contribution in [0, 0.1) is 10.7 Å². The maximum atomic E-state index is 12.9. The van der Waals surface area contributed by atoms with Crippen molar-refractivity contribution in [1.29, 1.82) is 0 Å². The lowest BCUT2D eigenvalue weighted by atomic mass is 10.2. The topological polar surface area (TPSA) is 29.5 Å². The largest absolute Gasteiger partial charge is 0.423 e. The van der Waals surface area contributed by atoms with Gasteiger partial charge in [0.25, 0.3) is 0 Å². The molecule has 33 heavy (non-hydrogen) atoms. The fourth-order valence-corrected chi connectivity index (χ4v) is 8.57. The SMILES string of the molecule is CN1c2ccccc2[S+](c2ccc(OC(=O)c3c(I)ccc(I)c3I)cc2)c2ccccc21. The molecule has 0 unspecified atom stereocenters. The molecule has 0 fully saturated rings. The van der Waals surface area contributed by atoms with E-state index in [9.17, 15) is 4.79 Å². The summed E-state index contributed by atoms with van der Waals surface area (Å²) in [6.45, 7) is 0. The molecule has 1 aliphatic rings. The highest BCUT2D eigenvalue weighted by atomic mass is 127. The van der Waals surface area contributed by atoms with Crippen molar-refractivity contribution in [2.24, 2.45) is 0 Å². The number of ether oxygens (including phenoxy) is 1. The van der Waals surface area contributed by atoms with Crippen LogP contribution in [0.2, 0.25) is 0 Å². The van der Waals surface area contributed by atoms with Crippen LogP contribution >= 0.6 is 67.8 Å². The van der Waals surface area contributed by atoms with E-state index in [0.29, 0.717) is 11.3 Å². The van der Waals surface area contributed by atoms with E-state index < -0.39 is 0 Å². The third kappa shape index (κ3) is 4.41. The zero-order valence-corrected chi connectivity index (χ0v) is 24.7. The molecule has 0 aromatic heterocycles. The van der Waals surface area contributed by atoms with E-state index in [4.69, 9.17) is 4.74 Å². The maximum absolute atomic E-state index is 12.9. The van der Waals surface area contributed by atoms with Gasteiger partial charge in [0.2, 0.25) is 0 Å². The summed E-state index contributed by atoms with van der Waals surface area (Å²) in [6, 6.07) is 29.0. The van der Waals surface area contributed by atoms with Gasteiger partial charge in [-0.1, -0.05) is 24.3 Å². The molecule has 1 heterocycles. The lowest BCUT2D eigenvalue weighted by Gasteiger charge is -2.28. The summed E-state index contributed by atoms with van der Waals surface area (Å²) in [4.78, 5) is 19.0. The second-order valence-electron chi connectivity index (χ2n) is 7.38. The molecule has 4 aromatic carbocycles. The van der Waals surface area contributed by atoms with Crippen LogP contribution in [0.4, 0.5) is 11.4 Å². The molecule has 0 atom stereocenters. The number of para-hydroxylation sites is 2. The number of carbonyl (C=O) groups is 1. The molecule has 0 aliphatic carbocycles. The van der Waals surface area contributed by atoms with Crippen LogP contribution in [0.25, 0.3) is 0 Å². The average molecular weight is 788 g/mol. The van der Waals surface area contributed by atoms with E-state index in [1.807, 2.05) is 24.3 Å². The van der Waals surface area contributed by atoms with Crippen molar-refractivity contribution in [3.05, 3.63) is 101 Å². The van der Waals surface area contributed by atoms with Crippen molar-refractivity contribution >= 4 is 96.0 Å². The minimum Gasteiger partial charge on any atom is -0.423 e. The zero-order valence-electron chi connectivity index (χ0n) is 17.4. The third-order valence-corrected chi connectivity index (χ3v) is 11.7. The van der Waals surface area contributed by atoms with E-state index in [-0.39, 0.29) is 16.9 Å². The lowest BCUT2D eigenvalue weighted by molar-refractivity contribution is 0.0732. The van der Waals surface area contributed by atoms with Gasteiger partial charge in [0, 0.05) is 17.8 Å². The normalized spacial score (nSPS) is 12.8. The molecule has 5 rings (SSSR count). The first-order valence-corrected chi connectivity index (χ1v) is 14.5. The Balaban J connectivity index is 1.48. The Kier molecular flexibility index (Phi) is 6.92. The Morgan fingerprint density at radius 1 is 0.758 bits per heavy atom. The van der Waals surface area contributed by atoms with Crippen molar-refractivity contribution in [3.63, 3.8) is 0 Å². The van der Waals surface area contributed by atoms with Crippen LogP contribution in [0.5, 0.6) is 5.75 Å². The van der Waals surface area contributed by atoms with E-state index in [0.717, 1.165) is 10.7 Å². The van der Waals surface area contributed by atoms with Crippen LogP contribution in [0.15, 0.2) is 99.6 Å². The van der Waals surface area contributed by atoms with Gasteiger partial charge in [-0.25, -0.2) is 4.79 Å². The Morgan fingerprint density at radius 3 is 1.91 bits per heavy atom. The molecule has 4 aromatic rings. The summed E-state index contributed by atoms with van der Waals surface area (Å²) < 4.78 is 8.61. The summed E-state index contributed by atoms with van der Waals surface area (Å²) >= 11 is 6.64.